The first-order valence-electron chi connectivity index (χ1n) is 4.34. The van der Waals surface area contributed by atoms with E-state index in [4.69, 9.17) is 0 Å². The summed E-state index contributed by atoms with van der Waals surface area (Å²) in [6.07, 6.45) is -4.62. The van der Waals surface area contributed by atoms with E-state index in [1.165, 1.54) is 12.1 Å². The largest absolute Gasteiger partial charge is 0.573 e. The Kier molecular flexibility index (Phi) is 4.24. The van der Waals surface area contributed by atoms with Crippen LogP contribution < -0.4 is 4.74 Å². The minimum absolute atomic E-state index is 0.156. The summed E-state index contributed by atoms with van der Waals surface area (Å²) in [5.41, 5.74) is 0.853. The zero-order chi connectivity index (χ0) is 11.5. The third kappa shape index (κ3) is 4.27. The van der Waals surface area contributed by atoms with Gasteiger partial charge in [-0.25, -0.2) is 0 Å². The Labute approximate surface area is 99.8 Å². The van der Waals surface area contributed by atoms with Gasteiger partial charge in [0.05, 0.1) is 0 Å². The van der Waals surface area contributed by atoms with Crippen LogP contribution in [0.25, 0.3) is 0 Å². The van der Waals surface area contributed by atoms with Crippen LogP contribution in [0.1, 0.15) is 18.4 Å². The van der Waals surface area contributed by atoms with Gasteiger partial charge in [0, 0.05) is 4.43 Å². The summed E-state index contributed by atoms with van der Waals surface area (Å²) in [6, 6.07) is 6.10. The molecule has 0 fully saturated rings. The van der Waals surface area contributed by atoms with Crippen molar-refractivity contribution >= 4 is 22.6 Å². The van der Waals surface area contributed by atoms with Gasteiger partial charge in [-0.3, -0.25) is 0 Å². The van der Waals surface area contributed by atoms with Crippen molar-refractivity contribution in [3.05, 3.63) is 29.8 Å². The Morgan fingerprint density at radius 1 is 1.40 bits per heavy atom. The average Bonchev–Trinajstić information content (AvgIpc) is 2.14. The van der Waals surface area contributed by atoms with Crippen LogP contribution in [-0.4, -0.2) is 10.8 Å². The zero-order valence-corrected chi connectivity index (χ0v) is 10.2. The number of halogens is 4. The first-order valence-corrected chi connectivity index (χ1v) is 5.86. The van der Waals surface area contributed by atoms with Crippen LogP contribution in [0.2, 0.25) is 0 Å². The summed E-state index contributed by atoms with van der Waals surface area (Å²) in [7, 11) is 0. The highest BCUT2D eigenvalue weighted by atomic mass is 127. The van der Waals surface area contributed by atoms with Crippen molar-refractivity contribution < 1.29 is 17.9 Å². The first kappa shape index (κ1) is 12.6. The zero-order valence-electron chi connectivity index (χ0n) is 8.01. The monoisotopic (exact) mass is 330 g/mol. The van der Waals surface area contributed by atoms with Crippen molar-refractivity contribution in [2.24, 2.45) is 0 Å². The van der Waals surface area contributed by atoms with E-state index in [9.17, 15) is 13.2 Å². The van der Waals surface area contributed by atoms with Gasteiger partial charge in [-0.15, -0.1) is 13.2 Å². The molecule has 0 saturated carbocycles. The molecular formula is C10H10F3IO. The van der Waals surface area contributed by atoms with E-state index in [0.717, 1.165) is 9.99 Å². The molecule has 1 aromatic rings. The van der Waals surface area contributed by atoms with Gasteiger partial charge in [0.15, 0.2) is 0 Å². The number of benzene rings is 1. The molecule has 1 nitrogen and oxygen atoms in total. The van der Waals surface area contributed by atoms with E-state index < -0.39 is 6.36 Å². The van der Waals surface area contributed by atoms with Crippen molar-refractivity contribution in [3.8, 4) is 5.75 Å². The van der Waals surface area contributed by atoms with Crippen molar-refractivity contribution in [1.82, 2.24) is 0 Å². The minimum Gasteiger partial charge on any atom is -0.406 e. The fraction of sp³-hybridized carbons (Fsp3) is 0.400. The van der Waals surface area contributed by atoms with E-state index in [1.54, 1.807) is 12.1 Å². The highest BCUT2D eigenvalue weighted by Gasteiger charge is 2.31. The predicted octanol–water partition coefficient (Wildman–Crippen LogP) is 4.12. The average molecular weight is 330 g/mol. The van der Waals surface area contributed by atoms with Crippen LogP contribution in [0.4, 0.5) is 13.2 Å². The van der Waals surface area contributed by atoms with E-state index in [-0.39, 0.29) is 11.7 Å². The lowest BCUT2D eigenvalue weighted by Gasteiger charge is -2.12. The molecule has 0 aromatic heterocycles. The predicted molar refractivity (Wildman–Crippen MR) is 60.4 cm³/mol. The molecule has 0 heterocycles. The summed E-state index contributed by atoms with van der Waals surface area (Å²) >= 11 is 2.19. The summed E-state index contributed by atoms with van der Waals surface area (Å²) < 4.78 is 40.5. The molecular weight excluding hydrogens is 320 g/mol. The molecule has 1 atom stereocenters. The summed E-state index contributed by atoms with van der Waals surface area (Å²) in [5.74, 6) is 0.0686. The number of ether oxygens (including phenoxy) is 1. The van der Waals surface area contributed by atoms with Gasteiger partial charge >= 0.3 is 6.36 Å². The molecule has 1 unspecified atom stereocenters. The lowest BCUT2D eigenvalue weighted by molar-refractivity contribution is -0.274. The topological polar surface area (TPSA) is 9.23 Å². The van der Waals surface area contributed by atoms with Gasteiger partial charge < -0.3 is 4.74 Å². The van der Waals surface area contributed by atoms with Crippen molar-refractivity contribution in [2.75, 3.05) is 4.43 Å². The first-order chi connectivity index (χ1) is 6.92. The Hall–Kier alpha value is -0.460. The molecule has 0 aliphatic heterocycles. The Morgan fingerprint density at radius 2 is 2.07 bits per heavy atom. The molecule has 0 aliphatic carbocycles. The number of alkyl halides is 4. The van der Waals surface area contributed by atoms with E-state index in [2.05, 4.69) is 27.3 Å². The minimum atomic E-state index is -4.62. The van der Waals surface area contributed by atoms with Crippen molar-refractivity contribution in [2.45, 2.75) is 19.2 Å². The molecule has 1 rings (SSSR count). The highest BCUT2D eigenvalue weighted by Crippen LogP contribution is 2.26. The van der Waals surface area contributed by atoms with E-state index in [0.29, 0.717) is 0 Å². The SMILES string of the molecule is CC(CI)c1cccc(OC(F)(F)F)c1. The molecule has 0 radical (unpaired) electrons. The number of hydrogen-bond donors (Lipinski definition) is 0. The van der Waals surface area contributed by atoms with Gasteiger partial charge in [0.1, 0.15) is 5.75 Å². The molecule has 0 bridgehead atoms. The van der Waals surface area contributed by atoms with Gasteiger partial charge in [-0.1, -0.05) is 41.6 Å². The van der Waals surface area contributed by atoms with Gasteiger partial charge in [-0.2, -0.15) is 0 Å². The second-order valence-corrected chi connectivity index (χ2v) is 4.06. The van der Waals surface area contributed by atoms with E-state index in [1.807, 2.05) is 6.92 Å². The summed E-state index contributed by atoms with van der Waals surface area (Å²) in [4.78, 5) is 0. The molecule has 15 heavy (non-hydrogen) atoms. The van der Waals surface area contributed by atoms with Gasteiger partial charge in [-0.05, 0) is 23.6 Å². The molecule has 0 spiro atoms. The van der Waals surface area contributed by atoms with E-state index >= 15 is 0 Å². The molecule has 1 aromatic carbocycles. The van der Waals surface area contributed by atoms with Crippen LogP contribution in [-0.2, 0) is 0 Å². The molecule has 84 valence electrons. The summed E-state index contributed by atoms with van der Waals surface area (Å²) in [5, 5.41) is 0. The lowest BCUT2D eigenvalue weighted by Crippen LogP contribution is -2.17. The fourth-order valence-corrected chi connectivity index (χ4v) is 1.62. The molecule has 0 saturated heterocycles. The van der Waals surface area contributed by atoms with Crippen LogP contribution in [0.5, 0.6) is 5.75 Å². The number of rotatable bonds is 3. The second-order valence-electron chi connectivity index (χ2n) is 3.18. The molecule has 5 heteroatoms. The standard InChI is InChI=1S/C10H10F3IO/c1-7(6-14)8-3-2-4-9(5-8)15-10(11,12)13/h2-5,7H,6H2,1H3. The molecule has 0 aliphatic rings. The van der Waals surface area contributed by atoms with Gasteiger partial charge in [0.2, 0.25) is 0 Å². The van der Waals surface area contributed by atoms with Crippen LogP contribution in [0, 0.1) is 0 Å². The maximum absolute atomic E-state index is 11.9. The maximum atomic E-state index is 11.9. The second kappa shape index (κ2) is 5.05. The third-order valence-corrected chi connectivity index (χ3v) is 3.21. The van der Waals surface area contributed by atoms with Crippen LogP contribution in [0.15, 0.2) is 24.3 Å². The fourth-order valence-electron chi connectivity index (χ4n) is 1.11. The lowest BCUT2D eigenvalue weighted by atomic mass is 10.0. The highest BCUT2D eigenvalue weighted by molar-refractivity contribution is 14.1. The summed E-state index contributed by atoms with van der Waals surface area (Å²) in [6.45, 7) is 1.96. The Bertz CT molecular complexity index is 325. The molecule has 0 N–H and O–H groups in total. The number of hydrogen-bond acceptors (Lipinski definition) is 1. The Morgan fingerprint density at radius 3 is 2.60 bits per heavy atom. The Balaban J connectivity index is 2.83. The van der Waals surface area contributed by atoms with Crippen molar-refractivity contribution in [1.29, 1.82) is 0 Å². The van der Waals surface area contributed by atoms with Crippen molar-refractivity contribution in [3.63, 3.8) is 0 Å². The van der Waals surface area contributed by atoms with Gasteiger partial charge in [0.25, 0.3) is 0 Å². The van der Waals surface area contributed by atoms with Crippen LogP contribution in [0.3, 0.4) is 0 Å². The quantitative estimate of drug-likeness (QED) is 0.598. The van der Waals surface area contributed by atoms with Crippen LogP contribution >= 0.6 is 22.6 Å². The third-order valence-electron chi connectivity index (χ3n) is 1.89. The normalized spacial score (nSPS) is 13.7. The molecule has 0 amide bonds. The maximum Gasteiger partial charge on any atom is 0.573 e. The smallest absolute Gasteiger partial charge is 0.406 e.